The summed E-state index contributed by atoms with van der Waals surface area (Å²) in [6.07, 6.45) is 14.8. The lowest BCUT2D eigenvalue weighted by molar-refractivity contribution is -0.662. The number of fused-ring (bicyclic) bond motifs is 2. The molecule has 0 amide bonds. The van der Waals surface area contributed by atoms with Gasteiger partial charge in [-0.1, -0.05) is 85.3 Å². The highest BCUT2D eigenvalue weighted by atomic mass is 79.9. The van der Waals surface area contributed by atoms with E-state index in [1.165, 1.54) is 107 Å². The summed E-state index contributed by atoms with van der Waals surface area (Å²) in [7, 11) is 0. The molecule has 2 aromatic heterocycles. The lowest BCUT2D eigenvalue weighted by Crippen LogP contribution is -3.00. The Morgan fingerprint density at radius 3 is 1.27 bits per heavy atom. The van der Waals surface area contributed by atoms with E-state index in [4.69, 9.17) is 23.2 Å². The summed E-state index contributed by atoms with van der Waals surface area (Å²) >= 11 is 13.2. The van der Waals surface area contributed by atoms with E-state index in [-0.39, 0.29) is 34.0 Å². The van der Waals surface area contributed by atoms with E-state index in [2.05, 4.69) is 116 Å². The largest absolute Gasteiger partial charge is 1.00 e. The van der Waals surface area contributed by atoms with Crippen LogP contribution < -0.4 is 52.9 Å². The molecule has 8 heteroatoms. The van der Waals surface area contributed by atoms with Gasteiger partial charge < -0.3 is 43.8 Å². The predicted octanol–water partition coefficient (Wildman–Crippen LogP) is 4.41. The Balaban J connectivity index is 0.00000232. The molecule has 4 nitrogen and oxygen atoms in total. The molecule has 0 N–H and O–H groups in total. The van der Waals surface area contributed by atoms with Gasteiger partial charge in [-0.15, -0.1) is 0 Å². The van der Waals surface area contributed by atoms with Gasteiger partial charge in [-0.05, 0) is 73.2 Å². The van der Waals surface area contributed by atoms with Crippen LogP contribution in [0.1, 0.15) is 62.5 Å². The molecule has 8 rings (SSSR count). The highest BCUT2D eigenvalue weighted by Gasteiger charge is 2.21. The number of aromatic nitrogens is 2. The second kappa shape index (κ2) is 17.8. The van der Waals surface area contributed by atoms with Crippen LogP contribution in [0.2, 0.25) is 10.0 Å². The first-order valence-electron chi connectivity index (χ1n) is 18.5. The number of pyridine rings is 2. The second-order valence-corrected chi connectivity index (χ2v) is 15.1. The molecule has 0 atom stereocenters. The van der Waals surface area contributed by atoms with Gasteiger partial charge in [-0.25, -0.2) is 0 Å². The number of hydrogen-bond donors (Lipinski definition) is 0. The van der Waals surface area contributed by atoms with Crippen molar-refractivity contribution in [3.05, 3.63) is 131 Å². The summed E-state index contributed by atoms with van der Waals surface area (Å²) in [6, 6.07) is 35.3. The molecule has 0 unspecified atom stereocenters. The van der Waals surface area contributed by atoms with E-state index in [0.29, 0.717) is 0 Å². The molecule has 0 bridgehead atoms. The van der Waals surface area contributed by atoms with Gasteiger partial charge in [-0.2, -0.15) is 9.13 Å². The van der Waals surface area contributed by atoms with Crippen molar-refractivity contribution in [2.75, 3.05) is 36.0 Å². The molecule has 6 aromatic rings. The lowest BCUT2D eigenvalue weighted by Gasteiger charge is -2.23. The average Bonchev–Trinajstić information content (AvgIpc) is 3.59. The van der Waals surface area contributed by atoms with Crippen molar-refractivity contribution in [1.29, 1.82) is 0 Å². The zero-order chi connectivity index (χ0) is 33.9. The standard InChI is InChI=1S/C44H46Cl2N4.2BrH/c45-37-15-17-39-41(47-21-5-1-2-6-22-47)19-25-49(43(39)29-37)31-33-11-9-13-35(27-33)36-14-10-12-34(28-36)32-50-26-20-42(48-23-7-3-4-8-24-48)40-18-16-38(46)30-44(40)50;;/h9-20,25-30H,1-8,21-24,31-32H2;2*1H/q+2;;/p-2. The minimum absolute atomic E-state index is 0. The van der Waals surface area contributed by atoms with E-state index < -0.39 is 0 Å². The van der Waals surface area contributed by atoms with Crippen molar-refractivity contribution < 1.29 is 43.1 Å². The maximum atomic E-state index is 6.59. The average molecular weight is 862 g/mol. The Labute approximate surface area is 339 Å². The third-order valence-corrected chi connectivity index (χ3v) is 11.2. The molecule has 4 heterocycles. The molecular formula is C44H46Br2Cl2N4. The number of nitrogens with zero attached hydrogens (tertiary/aromatic N) is 4. The highest BCUT2D eigenvalue weighted by molar-refractivity contribution is 6.31. The van der Waals surface area contributed by atoms with Crippen LogP contribution in [0.25, 0.3) is 32.9 Å². The first-order valence-corrected chi connectivity index (χ1v) is 19.3. The van der Waals surface area contributed by atoms with E-state index >= 15 is 0 Å². The van der Waals surface area contributed by atoms with Crippen molar-refractivity contribution in [2.24, 2.45) is 0 Å². The van der Waals surface area contributed by atoms with Crippen LogP contribution >= 0.6 is 23.2 Å². The van der Waals surface area contributed by atoms with Gasteiger partial charge >= 0.3 is 0 Å². The minimum atomic E-state index is 0. The van der Waals surface area contributed by atoms with Gasteiger partial charge in [0.05, 0.1) is 22.1 Å². The molecule has 0 radical (unpaired) electrons. The van der Waals surface area contributed by atoms with Crippen LogP contribution in [-0.4, -0.2) is 26.2 Å². The summed E-state index contributed by atoms with van der Waals surface area (Å²) in [4.78, 5) is 5.14. The van der Waals surface area contributed by atoms with Crippen LogP contribution in [0.5, 0.6) is 0 Å². The smallest absolute Gasteiger partial charge is 0.216 e. The number of halogens is 4. The fourth-order valence-corrected chi connectivity index (χ4v) is 8.45. The van der Waals surface area contributed by atoms with E-state index in [0.717, 1.165) is 49.3 Å². The quantitative estimate of drug-likeness (QED) is 0.221. The maximum absolute atomic E-state index is 6.59. The van der Waals surface area contributed by atoms with Crippen LogP contribution in [0, 0.1) is 0 Å². The fourth-order valence-electron chi connectivity index (χ4n) is 8.12. The summed E-state index contributed by atoms with van der Waals surface area (Å²) in [5.74, 6) is 0. The Bertz CT molecular complexity index is 1990. The molecule has 2 fully saturated rings. The van der Waals surface area contributed by atoms with Gasteiger partial charge in [0, 0.05) is 71.6 Å². The molecule has 2 aliphatic rings. The summed E-state index contributed by atoms with van der Waals surface area (Å²) in [5, 5.41) is 4.09. The van der Waals surface area contributed by atoms with Gasteiger partial charge in [0.1, 0.15) is 0 Å². The molecule has 4 aromatic carbocycles. The van der Waals surface area contributed by atoms with Crippen molar-refractivity contribution >= 4 is 56.4 Å². The zero-order valence-corrected chi connectivity index (χ0v) is 34.3. The van der Waals surface area contributed by atoms with Gasteiger partial charge in [0.2, 0.25) is 11.0 Å². The summed E-state index contributed by atoms with van der Waals surface area (Å²) in [6.45, 7) is 6.03. The Kier molecular flexibility index (Phi) is 13.2. The Morgan fingerprint density at radius 2 is 0.865 bits per heavy atom. The molecule has 2 saturated heterocycles. The molecule has 0 spiro atoms. The molecule has 0 aliphatic carbocycles. The van der Waals surface area contributed by atoms with Crippen LogP contribution in [0.15, 0.2) is 109 Å². The third-order valence-electron chi connectivity index (χ3n) is 10.7. The first-order chi connectivity index (χ1) is 24.6. The topological polar surface area (TPSA) is 14.2 Å². The fraction of sp³-hybridized carbons (Fsp3) is 0.318. The van der Waals surface area contributed by atoms with Crippen LogP contribution in [0.4, 0.5) is 11.4 Å². The number of anilines is 2. The normalized spacial score (nSPS) is 15.1. The van der Waals surface area contributed by atoms with Gasteiger partial charge in [0.15, 0.2) is 25.5 Å². The number of hydrogen-bond acceptors (Lipinski definition) is 2. The van der Waals surface area contributed by atoms with Gasteiger partial charge in [0.25, 0.3) is 0 Å². The highest BCUT2D eigenvalue weighted by Crippen LogP contribution is 2.31. The number of benzene rings is 4. The lowest BCUT2D eigenvalue weighted by atomic mass is 10.0. The SMILES string of the molecule is Clc1ccc2c(N3CCCCCC3)cc[n+](Cc3cccc(-c4cccc(C[n+]5ccc(N6CCCCCC6)c6ccc(Cl)cc65)c4)c3)c2c1.[Br-].[Br-]. The maximum Gasteiger partial charge on any atom is 0.216 e. The van der Waals surface area contributed by atoms with Crippen molar-refractivity contribution in [1.82, 2.24) is 0 Å². The van der Waals surface area contributed by atoms with Crippen molar-refractivity contribution in [3.8, 4) is 11.1 Å². The number of rotatable bonds is 7. The Morgan fingerprint density at radius 1 is 0.462 bits per heavy atom. The monoisotopic (exact) mass is 858 g/mol. The summed E-state index contributed by atoms with van der Waals surface area (Å²) in [5.41, 5.74) is 9.98. The Hall–Kier alpha value is -3.16. The van der Waals surface area contributed by atoms with Gasteiger partial charge in [-0.3, -0.25) is 0 Å². The molecule has 52 heavy (non-hydrogen) atoms. The van der Waals surface area contributed by atoms with Crippen LogP contribution in [0.3, 0.4) is 0 Å². The second-order valence-electron chi connectivity index (χ2n) is 14.2. The molecule has 2 aliphatic heterocycles. The predicted molar refractivity (Wildman–Crippen MR) is 210 cm³/mol. The third kappa shape index (κ3) is 8.62. The minimum Gasteiger partial charge on any atom is -1.00 e. The van der Waals surface area contributed by atoms with E-state index in [1.807, 2.05) is 12.1 Å². The van der Waals surface area contributed by atoms with Crippen molar-refractivity contribution in [3.63, 3.8) is 0 Å². The van der Waals surface area contributed by atoms with E-state index in [1.54, 1.807) is 0 Å². The van der Waals surface area contributed by atoms with Crippen LogP contribution in [-0.2, 0) is 13.1 Å². The van der Waals surface area contributed by atoms with E-state index in [9.17, 15) is 0 Å². The zero-order valence-electron chi connectivity index (χ0n) is 29.6. The molecule has 0 saturated carbocycles. The molecule has 270 valence electrons. The molecular weight excluding hydrogens is 815 g/mol. The summed E-state index contributed by atoms with van der Waals surface area (Å²) < 4.78 is 4.69. The first kappa shape index (κ1) is 38.6. The van der Waals surface area contributed by atoms with Crippen molar-refractivity contribution in [2.45, 2.75) is 64.5 Å².